The Bertz CT molecular complexity index is 517. The Morgan fingerprint density at radius 3 is 2.44 bits per heavy atom. The molecule has 0 aromatic carbocycles. The molecular formula is C12H19N3O2S. The number of nitrogens with zero attached hydrogens (tertiary/aromatic N) is 1. The fourth-order valence-electron chi connectivity index (χ4n) is 2.39. The van der Waals surface area contributed by atoms with Gasteiger partial charge in [0.2, 0.25) is 0 Å². The van der Waals surface area contributed by atoms with E-state index < -0.39 is 10.0 Å². The summed E-state index contributed by atoms with van der Waals surface area (Å²) in [5, 5.41) is 0.200. The SMILES string of the molecule is CCc1ncc(S(=O)(=O)NC(C2CC2)C2CC2)[nH]1. The monoisotopic (exact) mass is 269 g/mol. The summed E-state index contributed by atoms with van der Waals surface area (Å²) in [6.45, 7) is 1.94. The van der Waals surface area contributed by atoms with Gasteiger partial charge in [-0.15, -0.1) is 0 Å². The number of aryl methyl sites for hydroxylation is 1. The molecule has 3 rings (SSSR count). The van der Waals surface area contributed by atoms with Crippen LogP contribution in [0, 0.1) is 11.8 Å². The largest absolute Gasteiger partial charge is 0.332 e. The van der Waals surface area contributed by atoms with E-state index in [1.807, 2.05) is 6.92 Å². The second-order valence-electron chi connectivity index (χ2n) is 5.37. The quantitative estimate of drug-likeness (QED) is 0.820. The Kier molecular flexibility index (Phi) is 2.94. The molecule has 1 aromatic heterocycles. The summed E-state index contributed by atoms with van der Waals surface area (Å²) in [6, 6.07) is 0.142. The molecule has 0 aliphatic heterocycles. The highest BCUT2D eigenvalue weighted by Crippen LogP contribution is 2.44. The van der Waals surface area contributed by atoms with Crippen molar-refractivity contribution < 1.29 is 8.42 Å². The number of H-pyrrole nitrogens is 1. The van der Waals surface area contributed by atoms with Gasteiger partial charge < -0.3 is 4.98 Å². The van der Waals surface area contributed by atoms with Crippen LogP contribution in [0.5, 0.6) is 0 Å². The minimum atomic E-state index is -3.43. The second-order valence-corrected chi connectivity index (χ2v) is 7.05. The van der Waals surface area contributed by atoms with Gasteiger partial charge in [0.1, 0.15) is 5.82 Å². The van der Waals surface area contributed by atoms with Crippen molar-refractivity contribution in [3.8, 4) is 0 Å². The first-order valence-corrected chi connectivity index (χ1v) is 8.14. The van der Waals surface area contributed by atoms with E-state index in [4.69, 9.17) is 0 Å². The van der Waals surface area contributed by atoms with E-state index in [1.54, 1.807) is 0 Å². The molecule has 0 saturated heterocycles. The van der Waals surface area contributed by atoms with Crippen LogP contribution in [0.25, 0.3) is 0 Å². The van der Waals surface area contributed by atoms with Gasteiger partial charge in [0.25, 0.3) is 10.0 Å². The lowest BCUT2D eigenvalue weighted by Crippen LogP contribution is -2.38. The molecule has 5 nitrogen and oxygen atoms in total. The van der Waals surface area contributed by atoms with Crippen LogP contribution in [0.2, 0.25) is 0 Å². The van der Waals surface area contributed by atoms with E-state index in [-0.39, 0.29) is 11.1 Å². The van der Waals surface area contributed by atoms with Crippen LogP contribution >= 0.6 is 0 Å². The van der Waals surface area contributed by atoms with Gasteiger partial charge in [0, 0.05) is 12.5 Å². The lowest BCUT2D eigenvalue weighted by molar-refractivity contribution is 0.470. The third-order valence-electron chi connectivity index (χ3n) is 3.78. The van der Waals surface area contributed by atoms with Gasteiger partial charge in [-0.2, -0.15) is 0 Å². The van der Waals surface area contributed by atoms with Gasteiger partial charge >= 0.3 is 0 Å². The lowest BCUT2D eigenvalue weighted by Gasteiger charge is -2.16. The first-order valence-electron chi connectivity index (χ1n) is 6.66. The molecule has 0 amide bonds. The zero-order chi connectivity index (χ0) is 12.8. The minimum absolute atomic E-state index is 0.142. The van der Waals surface area contributed by atoms with Crippen molar-refractivity contribution in [1.29, 1.82) is 0 Å². The highest BCUT2D eigenvalue weighted by molar-refractivity contribution is 7.89. The van der Waals surface area contributed by atoms with Gasteiger partial charge in [-0.25, -0.2) is 18.1 Å². The summed E-state index contributed by atoms with van der Waals surface area (Å²) >= 11 is 0. The predicted molar refractivity (Wildman–Crippen MR) is 67.5 cm³/mol. The van der Waals surface area contributed by atoms with Gasteiger partial charge in [-0.1, -0.05) is 6.92 Å². The molecule has 0 bridgehead atoms. The van der Waals surface area contributed by atoms with Crippen LogP contribution in [0.4, 0.5) is 0 Å². The highest BCUT2D eigenvalue weighted by atomic mass is 32.2. The molecule has 2 aliphatic carbocycles. The second kappa shape index (κ2) is 4.35. The summed E-state index contributed by atoms with van der Waals surface area (Å²) in [7, 11) is -3.43. The van der Waals surface area contributed by atoms with Crippen molar-refractivity contribution in [2.75, 3.05) is 0 Å². The molecule has 2 fully saturated rings. The van der Waals surface area contributed by atoms with Crippen molar-refractivity contribution in [3.05, 3.63) is 12.0 Å². The summed E-state index contributed by atoms with van der Waals surface area (Å²) in [5.41, 5.74) is 0. The van der Waals surface area contributed by atoms with Crippen LogP contribution in [-0.2, 0) is 16.4 Å². The molecule has 2 aliphatic rings. The third-order valence-corrected chi connectivity index (χ3v) is 5.15. The summed E-state index contributed by atoms with van der Waals surface area (Å²) in [4.78, 5) is 6.92. The summed E-state index contributed by atoms with van der Waals surface area (Å²) in [5.74, 6) is 1.83. The standard InChI is InChI=1S/C12H19N3O2S/c1-2-10-13-7-11(14-10)18(16,17)15-12(8-3-4-8)9-5-6-9/h7-9,12,15H,2-6H2,1H3,(H,13,14). The van der Waals surface area contributed by atoms with Gasteiger partial charge in [-0.05, 0) is 37.5 Å². The van der Waals surface area contributed by atoms with E-state index in [0.29, 0.717) is 24.1 Å². The average molecular weight is 269 g/mol. The van der Waals surface area contributed by atoms with Crippen molar-refractivity contribution in [2.24, 2.45) is 11.8 Å². The molecule has 1 aromatic rings. The Balaban J connectivity index is 1.76. The molecular weight excluding hydrogens is 250 g/mol. The van der Waals surface area contributed by atoms with Crippen LogP contribution in [-0.4, -0.2) is 24.4 Å². The number of hydrogen-bond donors (Lipinski definition) is 2. The van der Waals surface area contributed by atoms with Gasteiger partial charge in [-0.3, -0.25) is 0 Å². The number of aromatic amines is 1. The van der Waals surface area contributed by atoms with Crippen molar-refractivity contribution in [1.82, 2.24) is 14.7 Å². The maximum absolute atomic E-state index is 12.3. The number of aromatic nitrogens is 2. The van der Waals surface area contributed by atoms with E-state index in [1.165, 1.54) is 6.20 Å². The molecule has 1 heterocycles. The maximum atomic E-state index is 12.3. The van der Waals surface area contributed by atoms with Crippen LogP contribution < -0.4 is 4.72 Å². The van der Waals surface area contributed by atoms with E-state index in [2.05, 4.69) is 14.7 Å². The Morgan fingerprint density at radius 2 is 2.00 bits per heavy atom. The molecule has 2 N–H and O–H groups in total. The zero-order valence-electron chi connectivity index (χ0n) is 10.5. The fraction of sp³-hybridized carbons (Fsp3) is 0.750. The Morgan fingerprint density at radius 1 is 1.39 bits per heavy atom. The van der Waals surface area contributed by atoms with E-state index >= 15 is 0 Å². The van der Waals surface area contributed by atoms with Crippen molar-refractivity contribution in [2.45, 2.75) is 50.1 Å². The van der Waals surface area contributed by atoms with Crippen LogP contribution in [0.1, 0.15) is 38.4 Å². The minimum Gasteiger partial charge on any atom is -0.332 e. The molecule has 0 radical (unpaired) electrons. The fourth-order valence-corrected chi connectivity index (χ4v) is 3.70. The molecule has 0 atom stereocenters. The van der Waals surface area contributed by atoms with E-state index in [0.717, 1.165) is 25.7 Å². The number of sulfonamides is 1. The lowest BCUT2D eigenvalue weighted by atomic mass is 10.1. The maximum Gasteiger partial charge on any atom is 0.257 e. The predicted octanol–water partition coefficient (Wildman–Crippen LogP) is 1.44. The van der Waals surface area contributed by atoms with E-state index in [9.17, 15) is 8.42 Å². The zero-order valence-corrected chi connectivity index (χ0v) is 11.3. The van der Waals surface area contributed by atoms with Crippen LogP contribution in [0.3, 0.4) is 0 Å². The van der Waals surface area contributed by atoms with Crippen molar-refractivity contribution in [3.63, 3.8) is 0 Å². The average Bonchev–Trinajstić information content (AvgIpc) is 3.24. The number of imidazole rings is 1. The normalized spacial score (nSPS) is 20.6. The first kappa shape index (κ1) is 12.2. The number of nitrogens with one attached hydrogen (secondary N) is 2. The highest BCUT2D eigenvalue weighted by Gasteiger charge is 2.43. The van der Waals surface area contributed by atoms with Gasteiger partial charge in [0.05, 0.1) is 6.20 Å². The Labute approximate surface area is 107 Å². The molecule has 2 saturated carbocycles. The molecule has 6 heteroatoms. The molecule has 100 valence electrons. The van der Waals surface area contributed by atoms with Crippen LogP contribution in [0.15, 0.2) is 11.2 Å². The van der Waals surface area contributed by atoms with Crippen molar-refractivity contribution >= 4 is 10.0 Å². The number of hydrogen-bond acceptors (Lipinski definition) is 3. The number of rotatable bonds is 6. The third kappa shape index (κ3) is 2.44. The molecule has 0 unspecified atom stereocenters. The smallest absolute Gasteiger partial charge is 0.257 e. The molecule has 18 heavy (non-hydrogen) atoms. The molecule has 0 spiro atoms. The summed E-state index contributed by atoms with van der Waals surface area (Å²) in [6.07, 6.45) is 6.77. The topological polar surface area (TPSA) is 74.8 Å². The summed E-state index contributed by atoms with van der Waals surface area (Å²) < 4.78 is 27.4. The van der Waals surface area contributed by atoms with Gasteiger partial charge in [0.15, 0.2) is 5.03 Å². The Hall–Kier alpha value is -0.880. The first-order chi connectivity index (χ1) is 8.60.